The first kappa shape index (κ1) is 13.5. The summed E-state index contributed by atoms with van der Waals surface area (Å²) < 4.78 is 0. The van der Waals surface area contributed by atoms with Crippen LogP contribution in [0.1, 0.15) is 5.56 Å². The molecule has 0 heterocycles. The number of carbonyl (C=O) groups is 1. The first-order valence-corrected chi connectivity index (χ1v) is 5.96. The molecule has 1 atom stereocenters. The van der Waals surface area contributed by atoms with Crippen molar-refractivity contribution in [1.29, 1.82) is 0 Å². The lowest BCUT2D eigenvalue weighted by Gasteiger charge is -2.06. The fourth-order valence-corrected chi connectivity index (χ4v) is 2.16. The van der Waals surface area contributed by atoms with Crippen molar-refractivity contribution in [2.45, 2.75) is 11.8 Å². The van der Waals surface area contributed by atoms with E-state index in [-0.39, 0.29) is 11.4 Å². The number of hydrogen-bond acceptors (Lipinski definition) is 5. The molecule has 0 spiro atoms. The fourth-order valence-electron chi connectivity index (χ4n) is 1.18. The van der Waals surface area contributed by atoms with Gasteiger partial charge in [-0.1, -0.05) is 18.2 Å². The molecule has 0 aliphatic carbocycles. The molecule has 1 aromatic carbocycles. The predicted molar refractivity (Wildman–Crippen MR) is 64.9 cm³/mol. The highest BCUT2D eigenvalue weighted by Gasteiger charge is 2.14. The van der Waals surface area contributed by atoms with Crippen LogP contribution in [0, 0.1) is 10.1 Å². The number of aliphatic carboxylic acids is 1. The molecule has 0 fully saturated rings. The fraction of sp³-hybridized carbons (Fsp3) is 0.300. The van der Waals surface area contributed by atoms with Crippen molar-refractivity contribution in [2.24, 2.45) is 5.73 Å². The number of carboxylic acids is 1. The molecule has 0 amide bonds. The number of thioether (sulfide) groups is 1. The van der Waals surface area contributed by atoms with Gasteiger partial charge in [-0.3, -0.25) is 14.9 Å². The average molecular weight is 256 g/mol. The maximum atomic E-state index is 10.7. The molecular formula is C10H12N2O4S. The van der Waals surface area contributed by atoms with Gasteiger partial charge in [-0.2, -0.15) is 11.8 Å². The van der Waals surface area contributed by atoms with Crippen LogP contribution in [0.3, 0.4) is 0 Å². The summed E-state index contributed by atoms with van der Waals surface area (Å²) in [6, 6.07) is 5.43. The van der Waals surface area contributed by atoms with Crippen molar-refractivity contribution in [1.82, 2.24) is 0 Å². The van der Waals surface area contributed by atoms with E-state index in [9.17, 15) is 14.9 Å². The zero-order chi connectivity index (χ0) is 12.8. The van der Waals surface area contributed by atoms with E-state index >= 15 is 0 Å². The second-order valence-corrected chi connectivity index (χ2v) is 4.38. The van der Waals surface area contributed by atoms with Crippen molar-refractivity contribution in [3.05, 3.63) is 39.9 Å². The van der Waals surface area contributed by atoms with Crippen LogP contribution in [0.25, 0.3) is 0 Å². The monoisotopic (exact) mass is 256 g/mol. The van der Waals surface area contributed by atoms with E-state index in [1.165, 1.54) is 17.8 Å². The van der Waals surface area contributed by atoms with Gasteiger partial charge in [-0.05, 0) is 0 Å². The Morgan fingerprint density at radius 1 is 1.53 bits per heavy atom. The van der Waals surface area contributed by atoms with Crippen LogP contribution >= 0.6 is 11.8 Å². The van der Waals surface area contributed by atoms with E-state index in [0.29, 0.717) is 11.3 Å². The molecule has 7 heteroatoms. The van der Waals surface area contributed by atoms with Gasteiger partial charge in [0.1, 0.15) is 6.04 Å². The number of nitro benzene ring substituents is 1. The van der Waals surface area contributed by atoms with Gasteiger partial charge in [0.15, 0.2) is 0 Å². The Morgan fingerprint density at radius 2 is 2.18 bits per heavy atom. The van der Waals surface area contributed by atoms with Gasteiger partial charge in [0.25, 0.3) is 5.69 Å². The third kappa shape index (κ3) is 4.04. The summed E-state index contributed by atoms with van der Waals surface area (Å²) in [5, 5.41) is 19.3. The Morgan fingerprint density at radius 3 is 2.76 bits per heavy atom. The first-order chi connectivity index (χ1) is 8.02. The molecule has 6 nitrogen and oxygen atoms in total. The van der Waals surface area contributed by atoms with Gasteiger partial charge < -0.3 is 10.8 Å². The summed E-state index contributed by atoms with van der Waals surface area (Å²) in [4.78, 5) is 20.7. The first-order valence-electron chi connectivity index (χ1n) is 4.80. The van der Waals surface area contributed by atoms with Crippen molar-refractivity contribution in [3.8, 4) is 0 Å². The zero-order valence-electron chi connectivity index (χ0n) is 8.91. The Labute approximate surface area is 102 Å². The minimum Gasteiger partial charge on any atom is -0.480 e. The second kappa shape index (κ2) is 6.21. The average Bonchev–Trinajstić information content (AvgIpc) is 2.29. The molecule has 1 rings (SSSR count). The van der Waals surface area contributed by atoms with Crippen LogP contribution in [-0.2, 0) is 10.5 Å². The Kier molecular flexibility index (Phi) is 4.92. The van der Waals surface area contributed by atoms with Crippen LogP contribution in [-0.4, -0.2) is 27.8 Å². The standard InChI is InChI=1S/C10H12N2O4S/c11-8(10(13)14)6-17-5-7-3-1-2-4-9(7)12(15)16/h1-4,8H,5-6,11H2,(H,13,14). The quantitative estimate of drug-likeness (QED) is 0.585. The molecule has 1 aromatic rings. The molecule has 0 aromatic heterocycles. The minimum absolute atomic E-state index is 0.0453. The lowest BCUT2D eigenvalue weighted by Crippen LogP contribution is -2.32. The van der Waals surface area contributed by atoms with E-state index in [0.717, 1.165) is 0 Å². The molecule has 1 unspecified atom stereocenters. The lowest BCUT2D eigenvalue weighted by molar-refractivity contribution is -0.385. The maximum absolute atomic E-state index is 10.7. The Bertz CT molecular complexity index is 425. The predicted octanol–water partition coefficient (Wildman–Crippen LogP) is 1.24. The molecule has 0 aliphatic rings. The molecular weight excluding hydrogens is 244 g/mol. The smallest absolute Gasteiger partial charge is 0.321 e. The van der Waals surface area contributed by atoms with E-state index < -0.39 is 16.9 Å². The second-order valence-electron chi connectivity index (χ2n) is 3.35. The number of carboxylic acid groups (broad SMARTS) is 1. The number of nitrogens with zero attached hydrogens (tertiary/aromatic N) is 1. The summed E-state index contributed by atoms with van der Waals surface area (Å²) in [5.41, 5.74) is 5.94. The van der Waals surface area contributed by atoms with E-state index in [2.05, 4.69) is 0 Å². The maximum Gasteiger partial charge on any atom is 0.321 e. The summed E-state index contributed by atoms with van der Waals surface area (Å²) in [6.45, 7) is 0. The molecule has 17 heavy (non-hydrogen) atoms. The zero-order valence-corrected chi connectivity index (χ0v) is 9.72. The summed E-state index contributed by atoms with van der Waals surface area (Å²) >= 11 is 1.26. The van der Waals surface area contributed by atoms with Crippen molar-refractivity contribution >= 4 is 23.4 Å². The molecule has 0 saturated heterocycles. The molecule has 92 valence electrons. The van der Waals surface area contributed by atoms with Gasteiger partial charge in [-0.25, -0.2) is 0 Å². The minimum atomic E-state index is -1.07. The summed E-state index contributed by atoms with van der Waals surface area (Å²) in [6.07, 6.45) is 0. The number of nitro groups is 1. The number of rotatable bonds is 6. The van der Waals surface area contributed by atoms with Crippen molar-refractivity contribution in [3.63, 3.8) is 0 Å². The number of nitrogens with two attached hydrogens (primary N) is 1. The van der Waals surface area contributed by atoms with E-state index in [1.54, 1.807) is 18.2 Å². The number of benzene rings is 1. The molecule has 3 N–H and O–H groups in total. The largest absolute Gasteiger partial charge is 0.480 e. The van der Waals surface area contributed by atoms with Gasteiger partial charge >= 0.3 is 5.97 Å². The van der Waals surface area contributed by atoms with Gasteiger partial charge in [0.05, 0.1) is 4.92 Å². The topological polar surface area (TPSA) is 106 Å². The lowest BCUT2D eigenvalue weighted by atomic mass is 10.2. The van der Waals surface area contributed by atoms with Crippen LogP contribution in [0.4, 0.5) is 5.69 Å². The normalized spacial score (nSPS) is 12.1. The van der Waals surface area contributed by atoms with Gasteiger partial charge in [0.2, 0.25) is 0 Å². The molecule has 0 radical (unpaired) electrons. The highest BCUT2D eigenvalue weighted by molar-refractivity contribution is 7.98. The van der Waals surface area contributed by atoms with Crippen molar-refractivity contribution in [2.75, 3.05) is 5.75 Å². The third-order valence-electron chi connectivity index (χ3n) is 2.06. The SMILES string of the molecule is NC(CSCc1ccccc1[N+](=O)[O-])C(=O)O. The number of para-hydroxylation sites is 1. The van der Waals surface area contributed by atoms with Crippen LogP contribution in [0.15, 0.2) is 24.3 Å². The van der Waals surface area contributed by atoms with E-state index in [4.69, 9.17) is 10.8 Å². The van der Waals surface area contributed by atoms with E-state index in [1.807, 2.05) is 0 Å². The molecule has 0 saturated carbocycles. The van der Waals surface area contributed by atoms with Crippen molar-refractivity contribution < 1.29 is 14.8 Å². The Hall–Kier alpha value is -1.60. The van der Waals surface area contributed by atoms with Gasteiger partial charge in [0, 0.05) is 23.1 Å². The summed E-state index contributed by atoms with van der Waals surface area (Å²) in [7, 11) is 0. The third-order valence-corrected chi connectivity index (χ3v) is 3.17. The molecule has 0 bridgehead atoms. The number of hydrogen-bond donors (Lipinski definition) is 2. The Balaban J connectivity index is 2.58. The van der Waals surface area contributed by atoms with Crippen LogP contribution in [0.2, 0.25) is 0 Å². The highest BCUT2D eigenvalue weighted by atomic mass is 32.2. The van der Waals surface area contributed by atoms with Gasteiger partial charge in [-0.15, -0.1) is 0 Å². The van der Waals surface area contributed by atoms with Crippen LogP contribution in [0.5, 0.6) is 0 Å². The molecule has 0 aliphatic heterocycles. The van der Waals surface area contributed by atoms with Crippen LogP contribution < -0.4 is 5.73 Å². The highest BCUT2D eigenvalue weighted by Crippen LogP contribution is 2.22. The summed E-state index contributed by atoms with van der Waals surface area (Å²) in [5.74, 6) is -0.473.